The molecule has 4 nitrogen and oxygen atoms in total. The lowest BCUT2D eigenvalue weighted by Gasteiger charge is -2.30. The molecule has 7 heteroatoms. The summed E-state index contributed by atoms with van der Waals surface area (Å²) in [6.45, 7) is 6.31. The Morgan fingerprint density at radius 2 is 1.86 bits per heavy atom. The fourth-order valence-corrected chi connectivity index (χ4v) is 1.90. The van der Waals surface area contributed by atoms with Gasteiger partial charge in [-0.05, 0) is 24.0 Å². The van der Waals surface area contributed by atoms with Crippen LogP contribution >= 0.6 is 0 Å². The zero-order valence-corrected chi connectivity index (χ0v) is 12.9. The van der Waals surface area contributed by atoms with Crippen molar-refractivity contribution in [2.45, 2.75) is 27.2 Å². The maximum absolute atomic E-state index is 13.6. The van der Waals surface area contributed by atoms with E-state index >= 15 is 0 Å². The maximum atomic E-state index is 13.6. The van der Waals surface area contributed by atoms with Crippen molar-refractivity contribution in [3.8, 4) is 0 Å². The van der Waals surface area contributed by atoms with Gasteiger partial charge < -0.3 is 15.3 Å². The SMILES string of the molecule is CC(C)(C)CN(CCCO)C(=O)Nc1ccc(F)c(F)c1F. The van der Waals surface area contributed by atoms with E-state index in [1.807, 2.05) is 20.8 Å². The second kappa shape index (κ2) is 7.49. The van der Waals surface area contributed by atoms with Crippen molar-refractivity contribution in [1.82, 2.24) is 4.90 Å². The third kappa shape index (κ3) is 5.22. The van der Waals surface area contributed by atoms with Crippen LogP contribution in [0.5, 0.6) is 0 Å². The van der Waals surface area contributed by atoms with Crippen molar-refractivity contribution < 1.29 is 23.1 Å². The van der Waals surface area contributed by atoms with Gasteiger partial charge in [-0.2, -0.15) is 0 Å². The highest BCUT2D eigenvalue weighted by atomic mass is 19.2. The molecular formula is C15H21F3N2O2. The molecule has 0 spiro atoms. The largest absolute Gasteiger partial charge is 0.396 e. The van der Waals surface area contributed by atoms with Crippen LogP contribution in [-0.4, -0.2) is 35.7 Å². The van der Waals surface area contributed by atoms with Gasteiger partial charge in [0.15, 0.2) is 17.5 Å². The molecule has 0 aromatic heterocycles. The lowest BCUT2D eigenvalue weighted by atomic mass is 9.96. The van der Waals surface area contributed by atoms with E-state index in [0.717, 1.165) is 12.1 Å². The van der Waals surface area contributed by atoms with Crippen LogP contribution in [0.1, 0.15) is 27.2 Å². The Labute approximate surface area is 127 Å². The average molecular weight is 318 g/mol. The van der Waals surface area contributed by atoms with Crippen molar-refractivity contribution in [1.29, 1.82) is 0 Å². The van der Waals surface area contributed by atoms with Crippen molar-refractivity contribution in [2.75, 3.05) is 25.0 Å². The average Bonchev–Trinajstić information content (AvgIpc) is 2.42. The zero-order valence-electron chi connectivity index (χ0n) is 12.9. The lowest BCUT2D eigenvalue weighted by molar-refractivity contribution is 0.176. The number of hydrogen-bond donors (Lipinski definition) is 2. The van der Waals surface area contributed by atoms with Crippen molar-refractivity contribution in [2.24, 2.45) is 5.41 Å². The molecule has 0 bridgehead atoms. The Kier molecular flexibility index (Phi) is 6.22. The number of hydrogen-bond acceptors (Lipinski definition) is 2. The summed E-state index contributed by atoms with van der Waals surface area (Å²) in [5, 5.41) is 11.1. The number of halogens is 3. The minimum atomic E-state index is -1.63. The summed E-state index contributed by atoms with van der Waals surface area (Å²) in [5.74, 6) is -4.39. The molecule has 2 N–H and O–H groups in total. The third-order valence-corrected chi connectivity index (χ3v) is 2.82. The number of carbonyl (C=O) groups excluding carboxylic acids is 1. The maximum Gasteiger partial charge on any atom is 0.321 e. The van der Waals surface area contributed by atoms with Gasteiger partial charge in [0.1, 0.15) is 0 Å². The van der Waals surface area contributed by atoms with Gasteiger partial charge in [-0.25, -0.2) is 18.0 Å². The quantitative estimate of drug-likeness (QED) is 0.818. The molecule has 0 heterocycles. The molecule has 1 aromatic rings. The zero-order chi connectivity index (χ0) is 16.9. The van der Waals surface area contributed by atoms with Crippen molar-refractivity contribution in [3.63, 3.8) is 0 Å². The molecule has 0 aliphatic rings. The van der Waals surface area contributed by atoms with Crippen LogP contribution in [-0.2, 0) is 0 Å². The van der Waals surface area contributed by atoms with Gasteiger partial charge in [-0.1, -0.05) is 20.8 Å². The van der Waals surface area contributed by atoms with Crippen LogP contribution in [0.3, 0.4) is 0 Å². The summed E-state index contributed by atoms with van der Waals surface area (Å²) in [4.78, 5) is 13.6. The molecule has 124 valence electrons. The lowest BCUT2D eigenvalue weighted by Crippen LogP contribution is -2.41. The van der Waals surface area contributed by atoms with E-state index in [9.17, 15) is 18.0 Å². The van der Waals surface area contributed by atoms with Crippen LogP contribution in [0.25, 0.3) is 0 Å². The summed E-state index contributed by atoms with van der Waals surface area (Å²) in [7, 11) is 0. The molecule has 0 unspecified atom stereocenters. The van der Waals surface area contributed by atoms with Gasteiger partial charge >= 0.3 is 6.03 Å². The molecule has 0 atom stereocenters. The standard InChI is InChI=1S/C15H21F3N2O2/c1-15(2,3)9-20(7-4-8-21)14(22)19-11-6-5-10(16)12(17)13(11)18/h5-6,21H,4,7-9H2,1-3H3,(H,19,22). The first-order valence-electron chi connectivity index (χ1n) is 6.96. The van der Waals surface area contributed by atoms with Crippen LogP contribution < -0.4 is 5.32 Å². The fourth-order valence-electron chi connectivity index (χ4n) is 1.90. The van der Waals surface area contributed by atoms with Crippen LogP contribution in [0.2, 0.25) is 0 Å². The van der Waals surface area contributed by atoms with E-state index in [1.54, 1.807) is 0 Å². The fraction of sp³-hybridized carbons (Fsp3) is 0.533. The first-order chi connectivity index (χ1) is 10.2. The molecule has 0 saturated carbocycles. The molecule has 1 rings (SSSR count). The highest BCUT2D eigenvalue weighted by Crippen LogP contribution is 2.21. The number of benzene rings is 1. The van der Waals surface area contributed by atoms with E-state index in [1.165, 1.54) is 4.90 Å². The Morgan fingerprint density at radius 3 is 2.41 bits per heavy atom. The predicted molar refractivity (Wildman–Crippen MR) is 78.1 cm³/mol. The Bertz CT molecular complexity index is 530. The number of carbonyl (C=O) groups is 1. The van der Waals surface area contributed by atoms with Crippen LogP contribution in [0, 0.1) is 22.9 Å². The summed E-state index contributed by atoms with van der Waals surface area (Å²) < 4.78 is 39.6. The number of nitrogens with one attached hydrogen (secondary N) is 1. The minimum Gasteiger partial charge on any atom is -0.396 e. The number of urea groups is 1. The molecule has 2 amide bonds. The molecule has 22 heavy (non-hydrogen) atoms. The number of amides is 2. The highest BCUT2D eigenvalue weighted by Gasteiger charge is 2.22. The number of aliphatic hydroxyl groups is 1. The number of aliphatic hydroxyl groups excluding tert-OH is 1. The topological polar surface area (TPSA) is 52.6 Å². The van der Waals surface area contributed by atoms with Gasteiger partial charge in [-0.3, -0.25) is 0 Å². The van der Waals surface area contributed by atoms with Crippen molar-refractivity contribution in [3.05, 3.63) is 29.6 Å². The van der Waals surface area contributed by atoms with Gasteiger partial charge in [0, 0.05) is 19.7 Å². The number of nitrogens with zero attached hydrogens (tertiary/aromatic N) is 1. The predicted octanol–water partition coefficient (Wildman–Crippen LogP) is 3.37. The molecule has 1 aromatic carbocycles. The Balaban J connectivity index is 2.88. The summed E-state index contributed by atoms with van der Waals surface area (Å²) >= 11 is 0. The van der Waals surface area contributed by atoms with Crippen molar-refractivity contribution >= 4 is 11.7 Å². The Morgan fingerprint density at radius 1 is 1.23 bits per heavy atom. The molecule has 0 aliphatic carbocycles. The van der Waals surface area contributed by atoms with E-state index in [2.05, 4.69) is 5.32 Å². The summed E-state index contributed by atoms with van der Waals surface area (Å²) in [6, 6.07) is 1.08. The molecule has 0 radical (unpaired) electrons. The Hall–Kier alpha value is -1.76. The van der Waals surface area contributed by atoms with E-state index in [0.29, 0.717) is 13.0 Å². The molecule has 0 aliphatic heterocycles. The first-order valence-corrected chi connectivity index (χ1v) is 6.96. The third-order valence-electron chi connectivity index (χ3n) is 2.82. The monoisotopic (exact) mass is 318 g/mol. The normalized spacial score (nSPS) is 11.4. The number of anilines is 1. The second-order valence-electron chi connectivity index (χ2n) is 6.21. The van der Waals surface area contributed by atoms with E-state index < -0.39 is 29.2 Å². The van der Waals surface area contributed by atoms with Crippen LogP contribution in [0.4, 0.5) is 23.7 Å². The number of rotatable bonds is 5. The van der Waals surface area contributed by atoms with Gasteiger partial charge in [-0.15, -0.1) is 0 Å². The van der Waals surface area contributed by atoms with E-state index in [4.69, 9.17) is 5.11 Å². The minimum absolute atomic E-state index is 0.0898. The van der Waals surface area contributed by atoms with Gasteiger partial charge in [0.2, 0.25) is 0 Å². The van der Waals surface area contributed by atoms with E-state index in [-0.39, 0.29) is 18.6 Å². The summed E-state index contributed by atoms with van der Waals surface area (Å²) in [5.41, 5.74) is -0.633. The molecular weight excluding hydrogens is 297 g/mol. The first kappa shape index (κ1) is 18.3. The van der Waals surface area contributed by atoms with Gasteiger partial charge in [0.05, 0.1) is 5.69 Å². The highest BCUT2D eigenvalue weighted by molar-refractivity contribution is 5.89. The van der Waals surface area contributed by atoms with Crippen LogP contribution in [0.15, 0.2) is 12.1 Å². The molecule has 0 saturated heterocycles. The molecule has 0 fully saturated rings. The second-order valence-corrected chi connectivity index (χ2v) is 6.21. The smallest absolute Gasteiger partial charge is 0.321 e. The van der Waals surface area contributed by atoms with Gasteiger partial charge in [0.25, 0.3) is 0 Å². The summed E-state index contributed by atoms with van der Waals surface area (Å²) in [6.07, 6.45) is 0.365.